The summed E-state index contributed by atoms with van der Waals surface area (Å²) in [4.78, 5) is 11.0. The fourth-order valence-corrected chi connectivity index (χ4v) is 1.46. The van der Waals surface area contributed by atoms with Gasteiger partial charge in [-0.2, -0.15) is 0 Å². The Hall–Kier alpha value is -1.55. The molecule has 20 heavy (non-hydrogen) atoms. The van der Waals surface area contributed by atoms with E-state index >= 15 is 0 Å². The maximum absolute atomic E-state index is 11.0. The smallest absolute Gasteiger partial charge is 0.319 e. The Bertz CT molecular complexity index is 322. The molecule has 0 radical (unpaired) electrons. The number of urea groups is 1. The van der Waals surface area contributed by atoms with Gasteiger partial charge < -0.3 is 16.0 Å². The van der Waals surface area contributed by atoms with Crippen LogP contribution in [0.5, 0.6) is 0 Å². The van der Waals surface area contributed by atoms with E-state index in [4.69, 9.17) is 0 Å². The van der Waals surface area contributed by atoms with Crippen molar-refractivity contribution in [1.82, 2.24) is 10.6 Å². The Balaban J connectivity index is 0.000000396. The molecule has 1 rings (SSSR count). The first kappa shape index (κ1) is 18.4. The quantitative estimate of drug-likeness (QED) is 0.668. The van der Waals surface area contributed by atoms with E-state index in [1.807, 2.05) is 37.3 Å². The number of carbonyl (C=O) groups is 1. The summed E-state index contributed by atoms with van der Waals surface area (Å²) in [5, 5.41) is 8.67. The lowest BCUT2D eigenvalue weighted by molar-refractivity contribution is 0.252. The molecule has 0 aliphatic rings. The Morgan fingerprint density at radius 3 is 2.25 bits per heavy atom. The predicted molar refractivity (Wildman–Crippen MR) is 87.2 cm³/mol. The molecule has 0 bridgehead atoms. The molecule has 3 N–H and O–H groups in total. The third-order valence-corrected chi connectivity index (χ3v) is 2.50. The van der Waals surface area contributed by atoms with Crippen LogP contribution < -0.4 is 16.0 Å². The summed E-state index contributed by atoms with van der Waals surface area (Å²) in [5.41, 5.74) is 0.809. The molecule has 0 aliphatic heterocycles. The van der Waals surface area contributed by atoms with Crippen molar-refractivity contribution in [2.75, 3.05) is 25.0 Å². The van der Waals surface area contributed by atoms with Crippen molar-refractivity contribution >= 4 is 11.7 Å². The summed E-state index contributed by atoms with van der Waals surface area (Å²) in [5.74, 6) is 0. The van der Waals surface area contributed by atoms with Gasteiger partial charge in [0.1, 0.15) is 0 Å². The average Bonchev–Trinajstić information content (AvgIpc) is 2.46. The monoisotopic (exact) mass is 279 g/mol. The van der Waals surface area contributed by atoms with Gasteiger partial charge >= 0.3 is 6.03 Å². The summed E-state index contributed by atoms with van der Waals surface area (Å²) in [7, 11) is 0. The predicted octanol–water partition coefficient (Wildman–Crippen LogP) is 3.61. The van der Waals surface area contributed by atoms with Crippen molar-refractivity contribution in [2.24, 2.45) is 0 Å². The zero-order chi connectivity index (χ0) is 15.1. The molecular formula is C16H29N3O. The second-order valence-electron chi connectivity index (χ2n) is 4.45. The van der Waals surface area contributed by atoms with Crippen molar-refractivity contribution in [3.05, 3.63) is 30.3 Å². The first-order valence-electron chi connectivity index (χ1n) is 7.55. The molecule has 2 amide bonds. The molecule has 0 atom stereocenters. The lowest BCUT2D eigenvalue weighted by atomic mass is 10.3. The molecule has 0 fully saturated rings. The number of benzene rings is 1. The minimum absolute atomic E-state index is 0.163. The normalized spacial score (nSPS) is 9.35. The minimum Gasteiger partial charge on any atom is -0.338 e. The van der Waals surface area contributed by atoms with Crippen molar-refractivity contribution in [1.29, 1.82) is 0 Å². The number of para-hydroxylation sites is 1. The number of hydrogen-bond acceptors (Lipinski definition) is 2. The Morgan fingerprint density at radius 2 is 1.70 bits per heavy atom. The molecule has 0 heterocycles. The van der Waals surface area contributed by atoms with Crippen molar-refractivity contribution in [2.45, 2.75) is 40.0 Å². The van der Waals surface area contributed by atoms with Gasteiger partial charge in [0.15, 0.2) is 0 Å². The highest BCUT2D eigenvalue weighted by Gasteiger charge is 1.96. The van der Waals surface area contributed by atoms with Gasteiger partial charge in [-0.3, -0.25) is 0 Å². The van der Waals surface area contributed by atoms with Crippen LogP contribution in [0.4, 0.5) is 10.5 Å². The molecule has 0 aromatic heterocycles. The Labute approximate surface area is 123 Å². The fraction of sp³-hybridized carbons (Fsp3) is 0.562. The van der Waals surface area contributed by atoms with Gasteiger partial charge in [-0.15, -0.1) is 0 Å². The van der Waals surface area contributed by atoms with E-state index in [1.54, 1.807) is 0 Å². The van der Waals surface area contributed by atoms with E-state index < -0.39 is 0 Å². The van der Waals surface area contributed by atoms with E-state index in [-0.39, 0.29) is 6.03 Å². The molecule has 1 aromatic carbocycles. The van der Waals surface area contributed by atoms with Crippen molar-refractivity contribution < 1.29 is 4.79 Å². The number of carbonyl (C=O) groups excluding carboxylic acids is 1. The maximum Gasteiger partial charge on any atom is 0.319 e. The first-order valence-corrected chi connectivity index (χ1v) is 7.55. The van der Waals surface area contributed by atoms with Crippen LogP contribution in [0.3, 0.4) is 0 Å². The first-order chi connectivity index (χ1) is 9.74. The lowest BCUT2D eigenvalue weighted by Crippen LogP contribution is -2.28. The zero-order valence-electron chi connectivity index (χ0n) is 13.0. The topological polar surface area (TPSA) is 53.2 Å². The SMILES string of the molecule is CCCCNCCC.CCNC(=O)Nc1ccccc1. The Kier molecular flexibility index (Phi) is 12.8. The van der Waals surface area contributed by atoms with E-state index in [0.717, 1.165) is 5.69 Å². The summed E-state index contributed by atoms with van der Waals surface area (Å²) >= 11 is 0. The van der Waals surface area contributed by atoms with Crippen LogP contribution in [0.25, 0.3) is 0 Å². The van der Waals surface area contributed by atoms with Crippen LogP contribution in [0.15, 0.2) is 30.3 Å². The number of hydrogen-bond donors (Lipinski definition) is 3. The van der Waals surface area contributed by atoms with Crippen LogP contribution >= 0.6 is 0 Å². The molecule has 4 nitrogen and oxygen atoms in total. The fourth-order valence-electron chi connectivity index (χ4n) is 1.46. The van der Waals surface area contributed by atoms with Crippen LogP contribution in [0, 0.1) is 0 Å². The largest absolute Gasteiger partial charge is 0.338 e. The van der Waals surface area contributed by atoms with Gasteiger partial charge in [-0.05, 0) is 45.0 Å². The van der Waals surface area contributed by atoms with Gasteiger partial charge in [0.05, 0.1) is 0 Å². The summed E-state index contributed by atoms with van der Waals surface area (Å²) in [6.45, 7) is 9.31. The minimum atomic E-state index is -0.163. The maximum atomic E-state index is 11.0. The molecule has 0 saturated heterocycles. The number of unbranched alkanes of at least 4 members (excludes halogenated alkanes) is 1. The van der Waals surface area contributed by atoms with Gasteiger partial charge in [-0.25, -0.2) is 4.79 Å². The van der Waals surface area contributed by atoms with Crippen LogP contribution in [0.2, 0.25) is 0 Å². The van der Waals surface area contributed by atoms with E-state index in [9.17, 15) is 4.79 Å². The number of nitrogens with one attached hydrogen (secondary N) is 3. The van der Waals surface area contributed by atoms with E-state index in [0.29, 0.717) is 6.54 Å². The second-order valence-corrected chi connectivity index (χ2v) is 4.45. The molecular weight excluding hydrogens is 250 g/mol. The molecule has 4 heteroatoms. The summed E-state index contributed by atoms with van der Waals surface area (Å²) < 4.78 is 0. The molecule has 0 unspecified atom stereocenters. The number of amides is 2. The van der Waals surface area contributed by atoms with Crippen LogP contribution in [-0.2, 0) is 0 Å². The summed E-state index contributed by atoms with van der Waals surface area (Å²) in [6.07, 6.45) is 3.88. The molecule has 114 valence electrons. The third-order valence-electron chi connectivity index (χ3n) is 2.50. The summed E-state index contributed by atoms with van der Waals surface area (Å²) in [6, 6.07) is 9.18. The Morgan fingerprint density at radius 1 is 1.00 bits per heavy atom. The third kappa shape index (κ3) is 11.5. The van der Waals surface area contributed by atoms with Gasteiger partial charge in [0, 0.05) is 12.2 Å². The van der Waals surface area contributed by atoms with E-state index in [1.165, 1.54) is 32.4 Å². The highest BCUT2D eigenvalue weighted by molar-refractivity contribution is 5.89. The van der Waals surface area contributed by atoms with Crippen molar-refractivity contribution in [3.63, 3.8) is 0 Å². The van der Waals surface area contributed by atoms with Gasteiger partial charge in [-0.1, -0.05) is 38.5 Å². The number of rotatable bonds is 7. The molecule has 0 saturated carbocycles. The number of anilines is 1. The second kappa shape index (κ2) is 13.9. The van der Waals surface area contributed by atoms with Gasteiger partial charge in [0.25, 0.3) is 0 Å². The van der Waals surface area contributed by atoms with Crippen LogP contribution in [-0.4, -0.2) is 25.7 Å². The van der Waals surface area contributed by atoms with E-state index in [2.05, 4.69) is 29.8 Å². The lowest BCUT2D eigenvalue weighted by Gasteiger charge is -2.04. The highest BCUT2D eigenvalue weighted by atomic mass is 16.2. The highest BCUT2D eigenvalue weighted by Crippen LogP contribution is 2.03. The average molecular weight is 279 g/mol. The molecule has 1 aromatic rings. The van der Waals surface area contributed by atoms with Gasteiger partial charge in [0.2, 0.25) is 0 Å². The standard InChI is InChI=1S/C9H12N2O.C7H17N/c1-2-10-9(12)11-8-6-4-3-5-7-8;1-3-5-7-8-6-4-2/h3-7H,2H2,1H3,(H2,10,11,12);8H,3-7H2,1-2H3. The molecule has 0 aliphatic carbocycles. The van der Waals surface area contributed by atoms with Crippen LogP contribution in [0.1, 0.15) is 40.0 Å². The van der Waals surface area contributed by atoms with Crippen molar-refractivity contribution in [3.8, 4) is 0 Å². The molecule has 0 spiro atoms. The zero-order valence-corrected chi connectivity index (χ0v) is 13.0.